The van der Waals surface area contributed by atoms with E-state index in [4.69, 9.17) is 14.5 Å². The van der Waals surface area contributed by atoms with Crippen LogP contribution >= 0.6 is 11.3 Å². The Morgan fingerprint density at radius 2 is 2.05 bits per heavy atom. The number of carbonyl (C=O) groups is 1. The fraction of sp³-hybridized carbons (Fsp3) is 0.433. The number of piperidine rings is 1. The summed E-state index contributed by atoms with van der Waals surface area (Å²) in [7, 11) is 0. The molecule has 2 aliphatic rings. The molecule has 8 nitrogen and oxygen atoms in total. The number of hydrogen-bond acceptors (Lipinski definition) is 8. The Labute approximate surface area is 233 Å². The SMILES string of the molecule is Cc1ccc(OCc2ccc(CN3CCOCC3)cc2C#N)c(-c2csc(N3CC[C@@H](C(=O)O)[C@@H](C)C3)n2)c1. The van der Waals surface area contributed by atoms with Gasteiger partial charge >= 0.3 is 5.97 Å². The highest BCUT2D eigenvalue weighted by molar-refractivity contribution is 7.14. The van der Waals surface area contributed by atoms with Gasteiger partial charge < -0.3 is 19.5 Å². The Kier molecular flexibility index (Phi) is 8.46. The molecule has 2 aromatic carbocycles. The third-order valence-electron chi connectivity index (χ3n) is 7.58. The lowest BCUT2D eigenvalue weighted by Gasteiger charge is -2.34. The zero-order chi connectivity index (χ0) is 27.4. The van der Waals surface area contributed by atoms with Crippen molar-refractivity contribution in [1.29, 1.82) is 5.26 Å². The van der Waals surface area contributed by atoms with E-state index < -0.39 is 5.97 Å². The largest absolute Gasteiger partial charge is 0.488 e. The van der Waals surface area contributed by atoms with Gasteiger partial charge in [-0.15, -0.1) is 11.3 Å². The molecule has 0 bridgehead atoms. The van der Waals surface area contributed by atoms with Crippen LogP contribution in [0.2, 0.25) is 0 Å². The molecule has 0 aliphatic carbocycles. The average molecular weight is 547 g/mol. The quantitative estimate of drug-likeness (QED) is 0.424. The van der Waals surface area contributed by atoms with E-state index in [1.54, 1.807) is 11.3 Å². The maximum atomic E-state index is 11.5. The second-order valence-corrected chi connectivity index (χ2v) is 11.3. The number of aliphatic carboxylic acids is 1. The van der Waals surface area contributed by atoms with Crippen molar-refractivity contribution in [2.75, 3.05) is 44.3 Å². The first-order chi connectivity index (χ1) is 18.9. The van der Waals surface area contributed by atoms with Crippen molar-refractivity contribution in [3.05, 3.63) is 64.0 Å². The molecule has 9 heteroatoms. The summed E-state index contributed by atoms with van der Waals surface area (Å²) in [6, 6.07) is 14.4. The summed E-state index contributed by atoms with van der Waals surface area (Å²) in [5.41, 5.74) is 5.45. The number of anilines is 1. The maximum absolute atomic E-state index is 11.5. The van der Waals surface area contributed by atoms with E-state index in [1.807, 2.05) is 43.5 Å². The van der Waals surface area contributed by atoms with Crippen LogP contribution in [0.15, 0.2) is 41.8 Å². The van der Waals surface area contributed by atoms with Crippen molar-refractivity contribution in [3.8, 4) is 23.1 Å². The number of nitrogens with zero attached hydrogens (tertiary/aromatic N) is 4. The number of ether oxygens (including phenoxy) is 2. The molecule has 39 heavy (non-hydrogen) atoms. The standard InChI is InChI=1S/C30H34N4O4S/c1-20-3-6-28(38-18-23-5-4-22(14-24(23)15-31)17-33-9-11-37-12-10-33)26(13-20)27-19-39-30(32-27)34-8-7-25(29(35)36)21(2)16-34/h3-6,13-14,19,21,25H,7-12,16-18H2,1-2H3,(H,35,36)/t21-,25+/m0/s1. The first-order valence-corrected chi connectivity index (χ1v) is 14.3. The van der Waals surface area contributed by atoms with E-state index in [0.717, 1.165) is 71.7 Å². The van der Waals surface area contributed by atoms with E-state index in [0.29, 0.717) is 25.1 Å². The molecule has 0 unspecified atom stereocenters. The van der Waals surface area contributed by atoms with Crippen molar-refractivity contribution in [2.24, 2.45) is 11.8 Å². The number of benzene rings is 2. The molecule has 1 N–H and O–H groups in total. The number of aryl methyl sites for hydroxylation is 1. The number of morpholine rings is 1. The van der Waals surface area contributed by atoms with Crippen LogP contribution in [0.5, 0.6) is 5.75 Å². The number of aromatic nitrogens is 1. The second-order valence-electron chi connectivity index (χ2n) is 10.5. The van der Waals surface area contributed by atoms with Gasteiger partial charge in [0.15, 0.2) is 5.13 Å². The van der Waals surface area contributed by atoms with Crippen molar-refractivity contribution >= 4 is 22.4 Å². The van der Waals surface area contributed by atoms with Crippen molar-refractivity contribution in [2.45, 2.75) is 33.4 Å². The third kappa shape index (κ3) is 6.41. The summed E-state index contributed by atoms with van der Waals surface area (Å²) in [5.74, 6) is -0.230. The normalized spacial score (nSPS) is 20.0. The Bertz CT molecular complexity index is 1360. The predicted molar refractivity (Wildman–Crippen MR) is 151 cm³/mol. The predicted octanol–water partition coefficient (Wildman–Crippen LogP) is 4.95. The van der Waals surface area contributed by atoms with Gasteiger partial charge in [0.2, 0.25) is 0 Å². The lowest BCUT2D eigenvalue weighted by atomic mass is 9.87. The van der Waals surface area contributed by atoms with Crippen LogP contribution in [-0.4, -0.2) is 60.4 Å². The van der Waals surface area contributed by atoms with E-state index in [1.165, 1.54) is 0 Å². The van der Waals surface area contributed by atoms with Crippen LogP contribution < -0.4 is 9.64 Å². The molecule has 0 radical (unpaired) electrons. The van der Waals surface area contributed by atoms with Gasteiger partial charge in [0, 0.05) is 49.2 Å². The molecule has 0 amide bonds. The Balaban J connectivity index is 1.29. The fourth-order valence-electron chi connectivity index (χ4n) is 5.31. The maximum Gasteiger partial charge on any atom is 0.306 e. The van der Waals surface area contributed by atoms with Crippen molar-refractivity contribution in [3.63, 3.8) is 0 Å². The molecule has 3 heterocycles. The number of carboxylic acids is 1. The Hall–Kier alpha value is -3.45. The van der Waals surface area contributed by atoms with Gasteiger partial charge in [-0.25, -0.2) is 4.98 Å². The summed E-state index contributed by atoms with van der Waals surface area (Å²) in [4.78, 5) is 20.9. The van der Waals surface area contributed by atoms with Crippen LogP contribution in [0.1, 0.15) is 35.6 Å². The average Bonchev–Trinajstić information content (AvgIpc) is 3.43. The monoisotopic (exact) mass is 546 g/mol. The van der Waals surface area contributed by atoms with Crippen LogP contribution in [0.25, 0.3) is 11.3 Å². The van der Waals surface area contributed by atoms with Gasteiger partial charge in [0.1, 0.15) is 12.4 Å². The molecule has 2 fully saturated rings. The number of rotatable bonds is 8. The van der Waals surface area contributed by atoms with E-state index in [9.17, 15) is 15.2 Å². The molecule has 2 saturated heterocycles. The molecule has 2 aliphatic heterocycles. The van der Waals surface area contributed by atoms with Gasteiger partial charge in [0.25, 0.3) is 0 Å². The fourth-order valence-corrected chi connectivity index (χ4v) is 6.18. The van der Waals surface area contributed by atoms with E-state index in [-0.39, 0.29) is 18.4 Å². The summed E-state index contributed by atoms with van der Waals surface area (Å²) >= 11 is 1.57. The zero-order valence-corrected chi connectivity index (χ0v) is 23.2. The highest BCUT2D eigenvalue weighted by Crippen LogP contribution is 2.36. The van der Waals surface area contributed by atoms with Crippen molar-refractivity contribution < 1.29 is 19.4 Å². The lowest BCUT2D eigenvalue weighted by Crippen LogP contribution is -2.42. The number of nitriles is 1. The lowest BCUT2D eigenvalue weighted by molar-refractivity contribution is -0.144. The summed E-state index contributed by atoms with van der Waals surface area (Å²) in [6.07, 6.45) is 0.622. The number of carboxylic acid groups (broad SMARTS) is 1. The summed E-state index contributed by atoms with van der Waals surface area (Å²) in [5, 5.41) is 22.2. The minimum atomic E-state index is -0.713. The molecule has 3 aromatic rings. The van der Waals surface area contributed by atoms with Crippen LogP contribution in [0.3, 0.4) is 0 Å². The number of thiazole rings is 1. The molecular formula is C30H34N4O4S. The van der Waals surface area contributed by atoms with Gasteiger partial charge in [-0.2, -0.15) is 5.26 Å². The minimum absolute atomic E-state index is 0.0658. The van der Waals surface area contributed by atoms with E-state index in [2.05, 4.69) is 28.0 Å². The summed E-state index contributed by atoms with van der Waals surface area (Å²) < 4.78 is 11.7. The highest BCUT2D eigenvalue weighted by Gasteiger charge is 2.32. The molecule has 2 atom stereocenters. The van der Waals surface area contributed by atoms with Crippen LogP contribution in [-0.2, 0) is 22.7 Å². The highest BCUT2D eigenvalue weighted by atomic mass is 32.1. The first-order valence-electron chi connectivity index (χ1n) is 13.4. The topological polar surface area (TPSA) is 98.9 Å². The van der Waals surface area contributed by atoms with Gasteiger partial charge in [0.05, 0.1) is 36.5 Å². The van der Waals surface area contributed by atoms with Gasteiger partial charge in [-0.3, -0.25) is 9.69 Å². The number of hydrogen-bond donors (Lipinski definition) is 1. The minimum Gasteiger partial charge on any atom is -0.488 e. The molecule has 1 aromatic heterocycles. The first kappa shape index (κ1) is 27.1. The van der Waals surface area contributed by atoms with Gasteiger partial charge in [-0.1, -0.05) is 30.7 Å². The Morgan fingerprint density at radius 3 is 2.79 bits per heavy atom. The molecule has 0 saturated carbocycles. The molecule has 0 spiro atoms. The van der Waals surface area contributed by atoms with Crippen LogP contribution in [0.4, 0.5) is 5.13 Å². The molecule has 204 valence electrons. The molecular weight excluding hydrogens is 512 g/mol. The van der Waals surface area contributed by atoms with Crippen LogP contribution in [0, 0.1) is 30.1 Å². The zero-order valence-electron chi connectivity index (χ0n) is 22.4. The summed E-state index contributed by atoms with van der Waals surface area (Å²) in [6.45, 7) is 9.80. The van der Waals surface area contributed by atoms with Gasteiger partial charge in [-0.05, 0) is 43.0 Å². The van der Waals surface area contributed by atoms with Crippen molar-refractivity contribution in [1.82, 2.24) is 9.88 Å². The smallest absolute Gasteiger partial charge is 0.306 e. The van der Waals surface area contributed by atoms with E-state index >= 15 is 0 Å². The Morgan fingerprint density at radius 1 is 1.23 bits per heavy atom. The second kappa shape index (κ2) is 12.2. The molecule has 5 rings (SSSR count). The third-order valence-corrected chi connectivity index (χ3v) is 8.49.